The third-order valence-corrected chi connectivity index (χ3v) is 3.71. The lowest BCUT2D eigenvalue weighted by molar-refractivity contribution is 0.0377. The van der Waals surface area contributed by atoms with Crippen LogP contribution in [-0.2, 0) is 4.74 Å². The third kappa shape index (κ3) is 9.52. The first-order chi connectivity index (χ1) is 9.63. The summed E-state index contributed by atoms with van der Waals surface area (Å²) in [5.74, 6) is 1.54. The van der Waals surface area contributed by atoms with Crippen LogP contribution in [0.4, 0.5) is 0 Å². The number of nitrogens with zero attached hydrogens (tertiary/aromatic N) is 2. The van der Waals surface area contributed by atoms with Gasteiger partial charge in [0.1, 0.15) is 0 Å². The van der Waals surface area contributed by atoms with Gasteiger partial charge in [0.2, 0.25) is 0 Å². The minimum atomic E-state index is 0. The lowest BCUT2D eigenvalue weighted by Gasteiger charge is -2.26. The Morgan fingerprint density at radius 3 is 2.48 bits per heavy atom. The fourth-order valence-corrected chi connectivity index (χ4v) is 2.01. The predicted octanol–water partition coefficient (Wildman–Crippen LogP) is 1.93. The van der Waals surface area contributed by atoms with Crippen molar-refractivity contribution in [3.63, 3.8) is 0 Å². The summed E-state index contributed by atoms with van der Waals surface area (Å²) in [6, 6.07) is 0.437. The average Bonchev–Trinajstić information content (AvgIpc) is 2.44. The van der Waals surface area contributed by atoms with E-state index in [1.807, 2.05) is 0 Å². The van der Waals surface area contributed by atoms with Gasteiger partial charge in [0, 0.05) is 38.8 Å². The maximum atomic E-state index is 5.35. The van der Waals surface area contributed by atoms with Gasteiger partial charge in [0.15, 0.2) is 5.96 Å². The normalized spacial score (nSPS) is 18.2. The lowest BCUT2D eigenvalue weighted by Crippen LogP contribution is -2.44. The predicted molar refractivity (Wildman–Crippen MR) is 101 cm³/mol. The van der Waals surface area contributed by atoms with Gasteiger partial charge in [-0.1, -0.05) is 13.8 Å². The van der Waals surface area contributed by atoms with Crippen molar-refractivity contribution in [2.24, 2.45) is 10.9 Å². The van der Waals surface area contributed by atoms with Crippen LogP contribution in [-0.4, -0.2) is 62.8 Å². The van der Waals surface area contributed by atoms with E-state index in [4.69, 9.17) is 4.74 Å². The fourth-order valence-electron chi connectivity index (χ4n) is 2.01. The van der Waals surface area contributed by atoms with Gasteiger partial charge in [-0.25, -0.2) is 0 Å². The Balaban J connectivity index is 0.00000400. The quantitative estimate of drug-likeness (QED) is 0.290. The number of hydrogen-bond donors (Lipinski definition) is 2. The zero-order chi connectivity index (χ0) is 14.8. The molecule has 0 spiro atoms. The van der Waals surface area contributed by atoms with Crippen LogP contribution >= 0.6 is 24.0 Å². The van der Waals surface area contributed by atoms with Crippen LogP contribution in [0.2, 0.25) is 0 Å². The van der Waals surface area contributed by atoms with E-state index in [2.05, 4.69) is 48.2 Å². The van der Waals surface area contributed by atoms with Gasteiger partial charge in [-0.3, -0.25) is 9.89 Å². The Hall–Kier alpha value is -0.0800. The number of morpholine rings is 1. The molecule has 0 bridgehead atoms. The maximum absolute atomic E-state index is 5.35. The molecule has 5 nitrogen and oxygen atoms in total. The molecule has 0 aromatic heterocycles. The molecule has 1 saturated heterocycles. The molecule has 0 aromatic rings. The number of rotatable bonds is 7. The molecular weight excluding hydrogens is 379 g/mol. The summed E-state index contributed by atoms with van der Waals surface area (Å²) in [5.41, 5.74) is 0. The summed E-state index contributed by atoms with van der Waals surface area (Å²) in [4.78, 5) is 7.11. The standard InChI is InChI=1S/C15H32N4O.HI/c1-5-16-15(18-14(4)13(2)3)17-7-6-8-19-9-11-20-12-10-19;/h13-14H,5-12H2,1-4H3,(H2,16,17,18);1H. The zero-order valence-electron chi connectivity index (χ0n) is 14.0. The van der Waals surface area contributed by atoms with E-state index in [-0.39, 0.29) is 24.0 Å². The molecule has 1 heterocycles. The molecule has 0 aliphatic carbocycles. The Bertz CT molecular complexity index is 281. The molecule has 1 rings (SSSR count). The molecule has 0 aromatic carbocycles. The minimum Gasteiger partial charge on any atom is -0.379 e. The average molecular weight is 412 g/mol. The molecule has 6 heteroatoms. The smallest absolute Gasteiger partial charge is 0.191 e. The molecule has 0 radical (unpaired) electrons. The number of ether oxygens (including phenoxy) is 1. The number of guanidine groups is 1. The maximum Gasteiger partial charge on any atom is 0.191 e. The van der Waals surface area contributed by atoms with Gasteiger partial charge in [-0.15, -0.1) is 24.0 Å². The molecule has 126 valence electrons. The van der Waals surface area contributed by atoms with E-state index in [1.54, 1.807) is 0 Å². The van der Waals surface area contributed by atoms with Crippen LogP contribution in [0, 0.1) is 5.92 Å². The van der Waals surface area contributed by atoms with Crippen LogP contribution in [0.15, 0.2) is 4.99 Å². The summed E-state index contributed by atoms with van der Waals surface area (Å²) < 4.78 is 5.35. The Labute approximate surface area is 147 Å². The van der Waals surface area contributed by atoms with Gasteiger partial charge >= 0.3 is 0 Å². The van der Waals surface area contributed by atoms with Crippen molar-refractivity contribution in [2.75, 3.05) is 45.9 Å². The molecular formula is C15H33IN4O. The number of nitrogens with one attached hydrogen (secondary N) is 2. The van der Waals surface area contributed by atoms with Crippen molar-refractivity contribution in [3.8, 4) is 0 Å². The molecule has 1 unspecified atom stereocenters. The Kier molecular flexibility index (Phi) is 12.4. The first-order valence-corrected chi connectivity index (χ1v) is 7.98. The monoisotopic (exact) mass is 412 g/mol. The SMILES string of the molecule is CCNC(=NCCCN1CCOCC1)NC(C)C(C)C.I. The first-order valence-electron chi connectivity index (χ1n) is 7.98. The third-order valence-electron chi connectivity index (χ3n) is 3.71. The van der Waals surface area contributed by atoms with Crippen LogP contribution in [0.3, 0.4) is 0 Å². The van der Waals surface area contributed by atoms with Crippen molar-refractivity contribution in [1.82, 2.24) is 15.5 Å². The van der Waals surface area contributed by atoms with E-state index in [1.165, 1.54) is 0 Å². The molecule has 1 atom stereocenters. The molecule has 2 N–H and O–H groups in total. The van der Waals surface area contributed by atoms with Crippen molar-refractivity contribution in [1.29, 1.82) is 0 Å². The largest absolute Gasteiger partial charge is 0.379 e. The Morgan fingerprint density at radius 2 is 1.90 bits per heavy atom. The topological polar surface area (TPSA) is 48.9 Å². The fraction of sp³-hybridized carbons (Fsp3) is 0.933. The van der Waals surface area contributed by atoms with Gasteiger partial charge in [-0.05, 0) is 26.2 Å². The summed E-state index contributed by atoms with van der Waals surface area (Å²) in [5, 5.41) is 6.77. The second kappa shape index (κ2) is 12.5. The van der Waals surface area contributed by atoms with E-state index < -0.39 is 0 Å². The highest BCUT2D eigenvalue weighted by Crippen LogP contribution is 2.00. The molecule has 1 aliphatic rings. The highest BCUT2D eigenvalue weighted by Gasteiger charge is 2.10. The molecule has 1 aliphatic heterocycles. The van der Waals surface area contributed by atoms with Crippen molar-refractivity contribution in [3.05, 3.63) is 0 Å². The molecule has 0 amide bonds. The van der Waals surface area contributed by atoms with E-state index in [0.29, 0.717) is 12.0 Å². The molecule has 1 fully saturated rings. The number of halogens is 1. The van der Waals surface area contributed by atoms with Crippen LogP contribution in [0.25, 0.3) is 0 Å². The van der Waals surface area contributed by atoms with Crippen LogP contribution < -0.4 is 10.6 Å². The zero-order valence-corrected chi connectivity index (χ0v) is 16.4. The molecule has 0 saturated carbocycles. The van der Waals surface area contributed by atoms with Crippen LogP contribution in [0.1, 0.15) is 34.1 Å². The van der Waals surface area contributed by atoms with Crippen molar-refractivity contribution in [2.45, 2.75) is 40.2 Å². The highest BCUT2D eigenvalue weighted by atomic mass is 127. The first kappa shape index (κ1) is 20.9. The number of aliphatic imine (C=N–C) groups is 1. The lowest BCUT2D eigenvalue weighted by atomic mass is 10.1. The van der Waals surface area contributed by atoms with Crippen molar-refractivity contribution < 1.29 is 4.74 Å². The summed E-state index contributed by atoms with van der Waals surface area (Å²) >= 11 is 0. The van der Waals surface area contributed by atoms with Crippen LogP contribution in [0.5, 0.6) is 0 Å². The molecule has 21 heavy (non-hydrogen) atoms. The summed E-state index contributed by atoms with van der Waals surface area (Å²) in [6.45, 7) is 15.5. The van der Waals surface area contributed by atoms with Gasteiger partial charge in [0.05, 0.1) is 13.2 Å². The van der Waals surface area contributed by atoms with E-state index in [9.17, 15) is 0 Å². The van der Waals surface area contributed by atoms with Crippen molar-refractivity contribution >= 4 is 29.9 Å². The number of hydrogen-bond acceptors (Lipinski definition) is 3. The minimum absolute atomic E-state index is 0. The summed E-state index contributed by atoms with van der Waals surface area (Å²) in [6.07, 6.45) is 1.10. The van der Waals surface area contributed by atoms with Gasteiger partial charge < -0.3 is 15.4 Å². The van der Waals surface area contributed by atoms with Gasteiger partial charge in [0.25, 0.3) is 0 Å². The summed E-state index contributed by atoms with van der Waals surface area (Å²) in [7, 11) is 0. The Morgan fingerprint density at radius 1 is 1.24 bits per heavy atom. The van der Waals surface area contributed by atoms with E-state index >= 15 is 0 Å². The second-order valence-electron chi connectivity index (χ2n) is 5.75. The van der Waals surface area contributed by atoms with E-state index in [0.717, 1.165) is 58.3 Å². The van der Waals surface area contributed by atoms with Gasteiger partial charge in [-0.2, -0.15) is 0 Å². The second-order valence-corrected chi connectivity index (χ2v) is 5.75. The highest BCUT2D eigenvalue weighted by molar-refractivity contribution is 14.0.